The van der Waals surface area contributed by atoms with Crippen LogP contribution in [0.4, 0.5) is 0 Å². The number of amides is 2. The zero-order chi connectivity index (χ0) is 16.6. The van der Waals surface area contributed by atoms with Crippen LogP contribution in [0.25, 0.3) is 5.57 Å². The number of benzene rings is 1. The van der Waals surface area contributed by atoms with E-state index in [0.717, 1.165) is 16.7 Å². The van der Waals surface area contributed by atoms with E-state index in [-0.39, 0.29) is 36.2 Å². The molecule has 0 radical (unpaired) electrons. The van der Waals surface area contributed by atoms with E-state index >= 15 is 0 Å². The monoisotopic (exact) mass is 347 g/mol. The van der Waals surface area contributed by atoms with Gasteiger partial charge in [0.2, 0.25) is 5.91 Å². The number of rotatable bonds is 2. The minimum atomic E-state index is -0.671. The summed E-state index contributed by atoms with van der Waals surface area (Å²) in [6, 6.07) is 7.05. The van der Waals surface area contributed by atoms with Crippen LogP contribution in [0.15, 0.2) is 42.5 Å². The fourth-order valence-corrected chi connectivity index (χ4v) is 3.12. The van der Waals surface area contributed by atoms with Crippen LogP contribution >= 0.6 is 12.4 Å². The fraction of sp³-hybridized carbons (Fsp3) is 0.333. The van der Waals surface area contributed by atoms with Crippen LogP contribution in [0, 0.1) is 0 Å². The Labute approximate surface area is 148 Å². The minimum Gasteiger partial charge on any atom is -0.320 e. The van der Waals surface area contributed by atoms with Gasteiger partial charge in [0, 0.05) is 0 Å². The molecule has 3 N–H and O–H groups in total. The van der Waals surface area contributed by atoms with Crippen molar-refractivity contribution in [2.75, 3.05) is 0 Å². The topological polar surface area (TPSA) is 75.4 Å². The summed E-state index contributed by atoms with van der Waals surface area (Å²) >= 11 is 0. The van der Waals surface area contributed by atoms with Gasteiger partial charge in [0.15, 0.2) is 0 Å². The first-order chi connectivity index (χ1) is 11.0. The highest BCUT2D eigenvalue weighted by molar-refractivity contribution is 5.93. The van der Waals surface area contributed by atoms with Crippen molar-refractivity contribution in [3.8, 4) is 0 Å². The Morgan fingerprint density at radius 2 is 2.08 bits per heavy atom. The predicted octanol–water partition coefficient (Wildman–Crippen LogP) is 2.14. The third kappa shape index (κ3) is 3.09. The molecule has 2 amide bonds. The number of nitrogens with zero attached hydrogens (tertiary/aromatic N) is 1. The van der Waals surface area contributed by atoms with Gasteiger partial charge in [0.1, 0.15) is 0 Å². The summed E-state index contributed by atoms with van der Waals surface area (Å²) in [6.07, 6.45) is 6.68. The summed E-state index contributed by atoms with van der Waals surface area (Å²) in [7, 11) is 0. The number of hydrazine groups is 1. The van der Waals surface area contributed by atoms with Gasteiger partial charge in [-0.05, 0) is 37.0 Å². The van der Waals surface area contributed by atoms with Gasteiger partial charge in [0.05, 0.1) is 18.0 Å². The average Bonchev–Trinajstić information content (AvgIpc) is 2.65. The van der Waals surface area contributed by atoms with Crippen molar-refractivity contribution < 1.29 is 9.59 Å². The number of carbonyl (C=O) groups is 2. The van der Waals surface area contributed by atoms with Crippen molar-refractivity contribution >= 4 is 29.8 Å². The first kappa shape index (κ1) is 18.2. The molecule has 1 aromatic carbocycles. The van der Waals surface area contributed by atoms with Gasteiger partial charge in [-0.2, -0.15) is 0 Å². The molecule has 1 aliphatic heterocycles. The zero-order valence-electron chi connectivity index (χ0n) is 13.7. The van der Waals surface area contributed by atoms with Crippen molar-refractivity contribution in [2.45, 2.75) is 38.3 Å². The molecule has 2 aliphatic rings. The third-order valence-corrected chi connectivity index (χ3v) is 4.43. The molecule has 0 aromatic heterocycles. The van der Waals surface area contributed by atoms with E-state index < -0.39 is 6.04 Å². The second kappa shape index (κ2) is 7.20. The van der Waals surface area contributed by atoms with Crippen LogP contribution in [0.1, 0.15) is 37.3 Å². The number of fused-ring (bicyclic) bond motifs is 3. The predicted molar refractivity (Wildman–Crippen MR) is 96.3 cm³/mol. The lowest BCUT2D eigenvalue weighted by Gasteiger charge is -2.33. The van der Waals surface area contributed by atoms with E-state index in [1.165, 1.54) is 5.01 Å². The van der Waals surface area contributed by atoms with Crippen molar-refractivity contribution in [2.24, 2.45) is 5.73 Å². The van der Waals surface area contributed by atoms with E-state index in [2.05, 4.69) is 5.43 Å². The van der Waals surface area contributed by atoms with Gasteiger partial charge >= 0.3 is 0 Å². The summed E-state index contributed by atoms with van der Waals surface area (Å²) in [5.41, 5.74) is 11.5. The normalized spacial score (nSPS) is 23.2. The zero-order valence-corrected chi connectivity index (χ0v) is 14.5. The highest BCUT2D eigenvalue weighted by atomic mass is 35.5. The molecule has 128 valence electrons. The van der Waals surface area contributed by atoms with Gasteiger partial charge in [0.25, 0.3) is 5.91 Å². The standard InChI is InChI=1S/C18H21N3O2.ClH/c1-11-13-7-3-4-8-14(13)15-9-5-6-10-16(15)21(18(11)23)20-17(22)12(2)19;/h3-9,11-12,16H,10,19H2,1-2H3,(H,20,22);1H/t11?,12-,16+;/m0./s1. The lowest BCUT2D eigenvalue weighted by atomic mass is 9.88. The molecule has 6 heteroatoms. The van der Waals surface area contributed by atoms with Crippen LogP contribution < -0.4 is 11.2 Å². The molecule has 0 fully saturated rings. The minimum absolute atomic E-state index is 0. The van der Waals surface area contributed by atoms with Crippen LogP contribution in [0.5, 0.6) is 0 Å². The van der Waals surface area contributed by atoms with Crippen LogP contribution in [-0.4, -0.2) is 28.9 Å². The largest absolute Gasteiger partial charge is 0.320 e. The van der Waals surface area contributed by atoms with Crippen LogP contribution in [-0.2, 0) is 9.59 Å². The number of carbonyl (C=O) groups excluding carboxylic acids is 2. The number of nitrogens with two attached hydrogens (primary N) is 1. The second-order valence-electron chi connectivity index (χ2n) is 6.08. The van der Waals surface area contributed by atoms with Crippen molar-refractivity contribution in [3.63, 3.8) is 0 Å². The lowest BCUT2D eigenvalue weighted by Crippen LogP contribution is -2.55. The van der Waals surface area contributed by atoms with Gasteiger partial charge < -0.3 is 5.73 Å². The lowest BCUT2D eigenvalue weighted by molar-refractivity contribution is -0.144. The van der Waals surface area contributed by atoms with E-state index in [1.54, 1.807) is 6.92 Å². The third-order valence-electron chi connectivity index (χ3n) is 4.43. The molecule has 24 heavy (non-hydrogen) atoms. The van der Waals surface area contributed by atoms with E-state index in [1.807, 2.05) is 49.4 Å². The molecular formula is C18H22ClN3O2. The molecule has 5 nitrogen and oxygen atoms in total. The maximum absolute atomic E-state index is 12.9. The van der Waals surface area contributed by atoms with Gasteiger partial charge in [-0.25, -0.2) is 5.01 Å². The van der Waals surface area contributed by atoms with Crippen molar-refractivity contribution in [1.29, 1.82) is 0 Å². The number of allylic oxidation sites excluding steroid dienone is 2. The molecule has 0 saturated heterocycles. The Bertz CT molecular complexity index is 712. The highest BCUT2D eigenvalue weighted by Gasteiger charge is 2.37. The Kier molecular flexibility index (Phi) is 5.47. The molecule has 0 saturated carbocycles. The maximum atomic E-state index is 12.9. The Morgan fingerprint density at radius 1 is 1.38 bits per heavy atom. The molecule has 1 heterocycles. The summed E-state index contributed by atoms with van der Waals surface area (Å²) in [4.78, 5) is 25.0. The van der Waals surface area contributed by atoms with E-state index in [9.17, 15) is 9.59 Å². The Hall–Kier alpha value is -2.11. The SMILES string of the molecule is CC1C(=O)N(NC(=O)[C@H](C)N)[C@@H]2CC=CC=C2c2ccccc21.Cl. The molecule has 3 atom stereocenters. The average molecular weight is 348 g/mol. The summed E-state index contributed by atoms with van der Waals surface area (Å²) in [6.45, 7) is 3.48. The van der Waals surface area contributed by atoms with E-state index in [0.29, 0.717) is 6.42 Å². The fourth-order valence-electron chi connectivity index (χ4n) is 3.12. The quantitative estimate of drug-likeness (QED) is 0.860. The molecule has 3 rings (SSSR count). The second-order valence-corrected chi connectivity index (χ2v) is 6.08. The summed E-state index contributed by atoms with van der Waals surface area (Å²) < 4.78 is 0. The number of halogens is 1. The van der Waals surface area contributed by atoms with Crippen molar-refractivity contribution in [3.05, 3.63) is 53.6 Å². The first-order valence-electron chi connectivity index (χ1n) is 7.86. The van der Waals surface area contributed by atoms with E-state index in [4.69, 9.17) is 5.73 Å². The van der Waals surface area contributed by atoms with Gasteiger partial charge in [-0.15, -0.1) is 12.4 Å². The molecule has 0 spiro atoms. The maximum Gasteiger partial charge on any atom is 0.255 e. The summed E-state index contributed by atoms with van der Waals surface area (Å²) in [5.74, 6) is -0.799. The molecule has 1 aliphatic carbocycles. The molecule has 1 aromatic rings. The smallest absolute Gasteiger partial charge is 0.255 e. The van der Waals surface area contributed by atoms with Crippen LogP contribution in [0.2, 0.25) is 0 Å². The number of hydrogen-bond acceptors (Lipinski definition) is 3. The Morgan fingerprint density at radius 3 is 2.79 bits per heavy atom. The van der Waals surface area contributed by atoms with Gasteiger partial charge in [-0.1, -0.05) is 42.5 Å². The highest BCUT2D eigenvalue weighted by Crippen LogP contribution is 2.37. The Balaban J connectivity index is 0.00000208. The first-order valence-corrected chi connectivity index (χ1v) is 7.86. The summed E-state index contributed by atoms with van der Waals surface area (Å²) in [5, 5.41) is 1.46. The molecule has 0 bridgehead atoms. The van der Waals surface area contributed by atoms with Gasteiger partial charge in [-0.3, -0.25) is 15.0 Å². The molecule has 1 unspecified atom stereocenters. The van der Waals surface area contributed by atoms with Crippen LogP contribution in [0.3, 0.4) is 0 Å². The molecular weight excluding hydrogens is 326 g/mol. The number of hydrogen-bond donors (Lipinski definition) is 2. The number of nitrogens with one attached hydrogen (secondary N) is 1. The van der Waals surface area contributed by atoms with Crippen molar-refractivity contribution in [1.82, 2.24) is 10.4 Å².